The summed E-state index contributed by atoms with van der Waals surface area (Å²) in [6, 6.07) is 4.03. The molecule has 2 rings (SSSR count). The van der Waals surface area contributed by atoms with Crippen LogP contribution in [0.2, 0.25) is 0 Å². The fourth-order valence-corrected chi connectivity index (χ4v) is 3.46. The molecule has 6 heteroatoms. The summed E-state index contributed by atoms with van der Waals surface area (Å²) in [6.45, 7) is 2.59. The molecule has 0 aliphatic heterocycles. The van der Waals surface area contributed by atoms with Crippen molar-refractivity contribution in [2.75, 3.05) is 6.54 Å². The summed E-state index contributed by atoms with van der Waals surface area (Å²) >= 11 is 3.12. The van der Waals surface area contributed by atoms with E-state index in [1.54, 1.807) is 16.7 Å². The summed E-state index contributed by atoms with van der Waals surface area (Å²) in [4.78, 5) is 17.6. The van der Waals surface area contributed by atoms with Crippen LogP contribution in [0.1, 0.15) is 36.7 Å². The summed E-state index contributed by atoms with van der Waals surface area (Å²) < 4.78 is 0. The zero-order chi connectivity index (χ0) is 14.4. The minimum Gasteiger partial charge on any atom is -0.347 e. The second-order valence-corrected chi connectivity index (χ2v) is 6.37. The molecule has 0 aliphatic rings. The highest BCUT2D eigenvalue weighted by molar-refractivity contribution is 7.20. The molecule has 2 aromatic rings. The second kappa shape index (κ2) is 7.52. The predicted molar refractivity (Wildman–Crippen MR) is 85.3 cm³/mol. The Bertz CT molecular complexity index is 536. The molecule has 1 amide bonds. The summed E-state index contributed by atoms with van der Waals surface area (Å²) in [6.07, 6.45) is 3.09. The van der Waals surface area contributed by atoms with Gasteiger partial charge in [-0.15, -0.1) is 22.7 Å². The van der Waals surface area contributed by atoms with Gasteiger partial charge in [0.05, 0.1) is 4.88 Å². The Labute approximate surface area is 127 Å². The molecular formula is C14H19N3OS2. The van der Waals surface area contributed by atoms with E-state index in [4.69, 9.17) is 5.73 Å². The van der Waals surface area contributed by atoms with Crippen LogP contribution < -0.4 is 11.1 Å². The SMILES string of the molecule is CCCCC(CN)NC(=O)c1csc(-c2cccs2)n1. The maximum absolute atomic E-state index is 12.1. The Kier molecular flexibility index (Phi) is 5.70. The number of amides is 1. The van der Waals surface area contributed by atoms with Crippen LogP contribution in [0.15, 0.2) is 22.9 Å². The lowest BCUT2D eigenvalue weighted by molar-refractivity contribution is 0.0931. The first-order chi connectivity index (χ1) is 9.74. The first kappa shape index (κ1) is 15.2. The zero-order valence-electron chi connectivity index (χ0n) is 11.5. The molecular weight excluding hydrogens is 290 g/mol. The maximum Gasteiger partial charge on any atom is 0.271 e. The highest BCUT2D eigenvalue weighted by Gasteiger charge is 2.15. The lowest BCUT2D eigenvalue weighted by atomic mass is 10.1. The number of hydrogen-bond donors (Lipinski definition) is 2. The molecule has 0 saturated carbocycles. The smallest absolute Gasteiger partial charge is 0.271 e. The Morgan fingerprint density at radius 3 is 3.00 bits per heavy atom. The van der Waals surface area contributed by atoms with Gasteiger partial charge in [0.1, 0.15) is 10.7 Å². The van der Waals surface area contributed by atoms with E-state index in [9.17, 15) is 4.79 Å². The number of carbonyl (C=O) groups is 1. The van der Waals surface area contributed by atoms with Crippen molar-refractivity contribution in [2.24, 2.45) is 5.73 Å². The van der Waals surface area contributed by atoms with Gasteiger partial charge in [0.2, 0.25) is 0 Å². The van der Waals surface area contributed by atoms with Gasteiger partial charge in [-0.05, 0) is 17.9 Å². The van der Waals surface area contributed by atoms with Gasteiger partial charge in [-0.1, -0.05) is 25.8 Å². The molecule has 3 N–H and O–H groups in total. The van der Waals surface area contributed by atoms with Gasteiger partial charge in [-0.2, -0.15) is 0 Å². The lowest BCUT2D eigenvalue weighted by Crippen LogP contribution is -2.40. The van der Waals surface area contributed by atoms with E-state index in [0.29, 0.717) is 12.2 Å². The number of nitrogens with one attached hydrogen (secondary N) is 1. The zero-order valence-corrected chi connectivity index (χ0v) is 13.1. The first-order valence-corrected chi connectivity index (χ1v) is 8.50. The van der Waals surface area contributed by atoms with Crippen LogP contribution in [-0.4, -0.2) is 23.5 Å². The molecule has 0 radical (unpaired) electrons. The van der Waals surface area contributed by atoms with Gasteiger partial charge in [0.15, 0.2) is 0 Å². The molecule has 1 unspecified atom stereocenters. The molecule has 0 aromatic carbocycles. The number of aromatic nitrogens is 1. The summed E-state index contributed by atoms with van der Waals surface area (Å²) in [5.74, 6) is -0.129. The number of carbonyl (C=O) groups excluding carboxylic acids is 1. The molecule has 2 heterocycles. The monoisotopic (exact) mass is 309 g/mol. The molecule has 0 fully saturated rings. The maximum atomic E-state index is 12.1. The predicted octanol–water partition coefficient (Wildman–Crippen LogP) is 3.12. The van der Waals surface area contributed by atoms with E-state index >= 15 is 0 Å². The molecule has 2 aromatic heterocycles. The van der Waals surface area contributed by atoms with Crippen LogP contribution in [-0.2, 0) is 0 Å². The van der Waals surface area contributed by atoms with E-state index in [1.165, 1.54) is 11.3 Å². The van der Waals surface area contributed by atoms with Crippen molar-refractivity contribution in [3.63, 3.8) is 0 Å². The normalized spacial score (nSPS) is 12.3. The average Bonchev–Trinajstić information content (AvgIpc) is 3.12. The van der Waals surface area contributed by atoms with Gasteiger partial charge in [-0.25, -0.2) is 4.98 Å². The number of thiazole rings is 1. The third-order valence-corrected chi connectivity index (χ3v) is 4.88. The summed E-state index contributed by atoms with van der Waals surface area (Å²) in [5.41, 5.74) is 6.17. The first-order valence-electron chi connectivity index (χ1n) is 6.75. The highest BCUT2D eigenvalue weighted by atomic mass is 32.1. The van der Waals surface area contributed by atoms with Gasteiger partial charge >= 0.3 is 0 Å². The highest BCUT2D eigenvalue weighted by Crippen LogP contribution is 2.27. The van der Waals surface area contributed by atoms with Crippen LogP contribution >= 0.6 is 22.7 Å². The van der Waals surface area contributed by atoms with Crippen molar-refractivity contribution in [1.29, 1.82) is 0 Å². The van der Waals surface area contributed by atoms with Crippen molar-refractivity contribution in [3.05, 3.63) is 28.6 Å². The van der Waals surface area contributed by atoms with E-state index in [2.05, 4.69) is 17.2 Å². The van der Waals surface area contributed by atoms with Crippen LogP contribution in [0.3, 0.4) is 0 Å². The van der Waals surface area contributed by atoms with Crippen molar-refractivity contribution in [2.45, 2.75) is 32.2 Å². The molecule has 108 valence electrons. The molecule has 4 nitrogen and oxygen atoms in total. The Morgan fingerprint density at radius 1 is 1.50 bits per heavy atom. The molecule has 1 atom stereocenters. The standard InChI is InChI=1S/C14H19N3OS2/c1-2-3-5-10(8-15)16-13(18)11-9-20-14(17-11)12-6-4-7-19-12/h4,6-7,9-10H,2-3,5,8,15H2,1H3,(H,16,18). The van der Waals surface area contributed by atoms with Gasteiger partial charge in [0.25, 0.3) is 5.91 Å². The third kappa shape index (κ3) is 3.88. The van der Waals surface area contributed by atoms with Crippen molar-refractivity contribution >= 4 is 28.6 Å². The number of nitrogens with two attached hydrogens (primary N) is 1. The van der Waals surface area contributed by atoms with Gasteiger partial charge in [0, 0.05) is 18.0 Å². The van der Waals surface area contributed by atoms with Gasteiger partial charge in [-0.3, -0.25) is 4.79 Å². The number of nitrogens with zero attached hydrogens (tertiary/aromatic N) is 1. The Morgan fingerprint density at radius 2 is 2.35 bits per heavy atom. The van der Waals surface area contributed by atoms with E-state index in [1.807, 2.05) is 17.5 Å². The molecule has 0 saturated heterocycles. The average molecular weight is 309 g/mol. The van der Waals surface area contributed by atoms with Crippen LogP contribution in [0, 0.1) is 0 Å². The molecule has 0 aliphatic carbocycles. The minimum atomic E-state index is -0.129. The minimum absolute atomic E-state index is 0.0364. The summed E-state index contributed by atoms with van der Waals surface area (Å²) in [5, 5.41) is 7.66. The second-order valence-electron chi connectivity index (χ2n) is 4.56. The van der Waals surface area contributed by atoms with Crippen molar-refractivity contribution in [3.8, 4) is 9.88 Å². The number of thiophene rings is 1. The fraction of sp³-hybridized carbons (Fsp3) is 0.429. The van der Waals surface area contributed by atoms with Crippen molar-refractivity contribution < 1.29 is 4.79 Å². The largest absolute Gasteiger partial charge is 0.347 e. The van der Waals surface area contributed by atoms with E-state index < -0.39 is 0 Å². The topological polar surface area (TPSA) is 68.0 Å². The van der Waals surface area contributed by atoms with Crippen LogP contribution in [0.25, 0.3) is 9.88 Å². The third-order valence-electron chi connectivity index (χ3n) is 2.99. The number of hydrogen-bond acceptors (Lipinski definition) is 5. The molecule has 0 spiro atoms. The van der Waals surface area contributed by atoms with Crippen LogP contribution in [0.5, 0.6) is 0 Å². The number of unbranched alkanes of at least 4 members (excludes halogenated alkanes) is 1. The van der Waals surface area contributed by atoms with E-state index in [-0.39, 0.29) is 11.9 Å². The summed E-state index contributed by atoms with van der Waals surface area (Å²) in [7, 11) is 0. The van der Waals surface area contributed by atoms with Crippen molar-refractivity contribution in [1.82, 2.24) is 10.3 Å². The van der Waals surface area contributed by atoms with E-state index in [0.717, 1.165) is 29.1 Å². The molecule has 20 heavy (non-hydrogen) atoms. The lowest BCUT2D eigenvalue weighted by Gasteiger charge is -2.15. The Balaban J connectivity index is 1.99. The number of rotatable bonds is 7. The quantitative estimate of drug-likeness (QED) is 0.825. The molecule has 0 bridgehead atoms. The van der Waals surface area contributed by atoms with Gasteiger partial charge < -0.3 is 11.1 Å². The Hall–Kier alpha value is -1.24. The van der Waals surface area contributed by atoms with Crippen LogP contribution in [0.4, 0.5) is 0 Å². The fourth-order valence-electron chi connectivity index (χ4n) is 1.85.